The van der Waals surface area contributed by atoms with Crippen molar-refractivity contribution in [3.8, 4) is 0 Å². The molecule has 1 aromatic carbocycles. The maximum atomic E-state index is 4.42. The molecule has 4 nitrogen and oxygen atoms in total. The Morgan fingerprint density at radius 1 is 1.37 bits per heavy atom. The lowest BCUT2D eigenvalue weighted by molar-refractivity contribution is 0.232. The Kier molecular flexibility index (Phi) is 3.53. The molecule has 1 N–H and O–H groups in total. The van der Waals surface area contributed by atoms with Crippen LogP contribution >= 0.6 is 0 Å². The van der Waals surface area contributed by atoms with Gasteiger partial charge in [-0.2, -0.15) is 0 Å². The number of rotatable bonds is 3. The molecule has 2 heterocycles. The van der Waals surface area contributed by atoms with E-state index < -0.39 is 0 Å². The molecule has 102 valence electrons. The maximum Gasteiger partial charge on any atom is 0.0955 e. The molecule has 0 saturated carbocycles. The molecule has 4 heteroatoms. The van der Waals surface area contributed by atoms with Crippen molar-refractivity contribution >= 4 is 11.0 Å². The van der Waals surface area contributed by atoms with Crippen LogP contribution in [0.2, 0.25) is 0 Å². The number of nitrogens with one attached hydrogen (secondary N) is 1. The molecular formula is C15H22N4. The Morgan fingerprint density at radius 2 is 2.26 bits per heavy atom. The molecule has 3 rings (SSSR count). The first-order chi connectivity index (χ1) is 9.22. The number of imidazole rings is 1. The smallest absolute Gasteiger partial charge is 0.0955 e. The maximum absolute atomic E-state index is 4.42. The third-order valence-electron chi connectivity index (χ3n) is 4.03. The summed E-state index contributed by atoms with van der Waals surface area (Å²) in [7, 11) is 4.24. The average molecular weight is 258 g/mol. The van der Waals surface area contributed by atoms with Gasteiger partial charge in [0.25, 0.3) is 0 Å². The fourth-order valence-corrected chi connectivity index (χ4v) is 2.86. The summed E-state index contributed by atoms with van der Waals surface area (Å²) in [6.45, 7) is 3.43. The van der Waals surface area contributed by atoms with E-state index in [9.17, 15) is 0 Å². The van der Waals surface area contributed by atoms with Crippen molar-refractivity contribution in [2.75, 3.05) is 26.7 Å². The SMILES string of the molecule is CN1CCNC(CCc2ccc3c(c2)ncn3C)C1. The number of benzene rings is 1. The van der Waals surface area contributed by atoms with E-state index in [-0.39, 0.29) is 0 Å². The summed E-state index contributed by atoms with van der Waals surface area (Å²) in [6.07, 6.45) is 4.20. The Hall–Kier alpha value is -1.39. The highest BCUT2D eigenvalue weighted by Gasteiger charge is 2.15. The topological polar surface area (TPSA) is 33.1 Å². The molecule has 0 spiro atoms. The lowest BCUT2D eigenvalue weighted by atomic mass is 10.0. The average Bonchev–Trinajstić information content (AvgIpc) is 2.78. The van der Waals surface area contributed by atoms with Crippen LogP contribution in [0.3, 0.4) is 0 Å². The van der Waals surface area contributed by atoms with Crippen molar-refractivity contribution in [1.29, 1.82) is 0 Å². The molecule has 0 amide bonds. The van der Waals surface area contributed by atoms with Crippen LogP contribution < -0.4 is 5.32 Å². The monoisotopic (exact) mass is 258 g/mol. The van der Waals surface area contributed by atoms with Gasteiger partial charge in [0.1, 0.15) is 0 Å². The lowest BCUT2D eigenvalue weighted by Gasteiger charge is -2.30. The zero-order valence-electron chi connectivity index (χ0n) is 11.8. The van der Waals surface area contributed by atoms with E-state index in [0.29, 0.717) is 6.04 Å². The largest absolute Gasteiger partial charge is 0.334 e. The van der Waals surface area contributed by atoms with Crippen LogP contribution in [-0.4, -0.2) is 47.2 Å². The van der Waals surface area contributed by atoms with Gasteiger partial charge in [0.2, 0.25) is 0 Å². The number of nitrogens with zero attached hydrogens (tertiary/aromatic N) is 3. The number of hydrogen-bond acceptors (Lipinski definition) is 3. The minimum absolute atomic E-state index is 0.623. The van der Waals surface area contributed by atoms with E-state index >= 15 is 0 Å². The van der Waals surface area contributed by atoms with E-state index in [1.165, 1.54) is 17.5 Å². The van der Waals surface area contributed by atoms with E-state index in [2.05, 4.69) is 45.0 Å². The Labute approximate surface area is 114 Å². The number of aryl methyl sites for hydroxylation is 2. The third-order valence-corrected chi connectivity index (χ3v) is 4.03. The van der Waals surface area contributed by atoms with Gasteiger partial charge in [-0.25, -0.2) is 4.98 Å². The molecule has 1 saturated heterocycles. The Bertz CT molecular complexity index is 560. The minimum Gasteiger partial charge on any atom is -0.334 e. The predicted molar refractivity (Wildman–Crippen MR) is 78.3 cm³/mol. The first kappa shape index (κ1) is 12.6. The van der Waals surface area contributed by atoms with Gasteiger partial charge < -0.3 is 14.8 Å². The van der Waals surface area contributed by atoms with Gasteiger partial charge >= 0.3 is 0 Å². The number of piperazine rings is 1. The fourth-order valence-electron chi connectivity index (χ4n) is 2.86. The quantitative estimate of drug-likeness (QED) is 0.903. The molecule has 0 radical (unpaired) electrons. The lowest BCUT2D eigenvalue weighted by Crippen LogP contribution is -2.49. The first-order valence-electron chi connectivity index (χ1n) is 7.04. The number of likely N-dealkylation sites (N-methyl/N-ethyl adjacent to an activating group) is 1. The molecule has 19 heavy (non-hydrogen) atoms. The molecule has 0 aliphatic carbocycles. The molecule has 2 aromatic rings. The third kappa shape index (κ3) is 2.80. The zero-order chi connectivity index (χ0) is 13.2. The first-order valence-corrected chi connectivity index (χ1v) is 7.04. The van der Waals surface area contributed by atoms with Crippen LogP contribution in [0.4, 0.5) is 0 Å². The van der Waals surface area contributed by atoms with Crippen LogP contribution in [-0.2, 0) is 13.5 Å². The molecule has 1 unspecified atom stereocenters. The molecular weight excluding hydrogens is 236 g/mol. The van der Waals surface area contributed by atoms with Gasteiger partial charge in [0.05, 0.1) is 17.4 Å². The number of fused-ring (bicyclic) bond motifs is 1. The molecule has 1 aromatic heterocycles. The summed E-state index contributed by atoms with van der Waals surface area (Å²) in [5, 5.41) is 3.60. The van der Waals surface area contributed by atoms with Crippen LogP contribution in [0.25, 0.3) is 11.0 Å². The van der Waals surface area contributed by atoms with E-state index in [0.717, 1.165) is 31.6 Å². The summed E-state index contributed by atoms with van der Waals surface area (Å²) in [6, 6.07) is 7.26. The van der Waals surface area contributed by atoms with Crippen molar-refractivity contribution in [3.05, 3.63) is 30.1 Å². The Morgan fingerprint density at radius 3 is 3.11 bits per heavy atom. The van der Waals surface area contributed by atoms with Gasteiger partial charge in [0, 0.05) is 32.7 Å². The standard InChI is InChI=1S/C15H22N4/c1-18-8-7-16-13(10-18)5-3-12-4-6-15-14(9-12)17-11-19(15)2/h4,6,9,11,13,16H,3,5,7-8,10H2,1-2H3. The summed E-state index contributed by atoms with van der Waals surface area (Å²) in [5.74, 6) is 0. The second-order valence-electron chi connectivity index (χ2n) is 5.63. The van der Waals surface area contributed by atoms with Gasteiger partial charge in [-0.1, -0.05) is 6.07 Å². The van der Waals surface area contributed by atoms with Crippen LogP contribution in [0, 0.1) is 0 Å². The molecule has 1 fully saturated rings. The van der Waals surface area contributed by atoms with Crippen molar-refractivity contribution in [2.24, 2.45) is 7.05 Å². The van der Waals surface area contributed by atoms with Crippen molar-refractivity contribution in [2.45, 2.75) is 18.9 Å². The van der Waals surface area contributed by atoms with Crippen LogP contribution in [0.15, 0.2) is 24.5 Å². The normalized spacial score (nSPS) is 21.1. The van der Waals surface area contributed by atoms with E-state index in [4.69, 9.17) is 0 Å². The number of hydrogen-bond donors (Lipinski definition) is 1. The second kappa shape index (κ2) is 5.31. The molecule has 1 aliphatic rings. The highest BCUT2D eigenvalue weighted by atomic mass is 15.2. The van der Waals surface area contributed by atoms with E-state index in [1.54, 1.807) is 0 Å². The fraction of sp³-hybridized carbons (Fsp3) is 0.533. The van der Waals surface area contributed by atoms with Gasteiger partial charge in [0.15, 0.2) is 0 Å². The van der Waals surface area contributed by atoms with Gasteiger partial charge in [-0.05, 0) is 37.6 Å². The zero-order valence-corrected chi connectivity index (χ0v) is 11.8. The van der Waals surface area contributed by atoms with Gasteiger partial charge in [-0.15, -0.1) is 0 Å². The summed E-state index contributed by atoms with van der Waals surface area (Å²) >= 11 is 0. The molecule has 0 bridgehead atoms. The molecule has 1 aliphatic heterocycles. The van der Waals surface area contributed by atoms with Crippen LogP contribution in [0.1, 0.15) is 12.0 Å². The summed E-state index contributed by atoms with van der Waals surface area (Å²) in [5.41, 5.74) is 3.70. The highest BCUT2D eigenvalue weighted by Crippen LogP contribution is 2.16. The highest BCUT2D eigenvalue weighted by molar-refractivity contribution is 5.75. The van der Waals surface area contributed by atoms with Crippen molar-refractivity contribution in [3.63, 3.8) is 0 Å². The minimum atomic E-state index is 0.623. The van der Waals surface area contributed by atoms with Gasteiger partial charge in [-0.3, -0.25) is 0 Å². The van der Waals surface area contributed by atoms with Crippen molar-refractivity contribution < 1.29 is 0 Å². The summed E-state index contributed by atoms with van der Waals surface area (Å²) < 4.78 is 2.07. The van der Waals surface area contributed by atoms with Crippen LogP contribution in [0.5, 0.6) is 0 Å². The Balaban J connectivity index is 1.64. The summed E-state index contributed by atoms with van der Waals surface area (Å²) in [4.78, 5) is 6.83. The second-order valence-corrected chi connectivity index (χ2v) is 5.63. The van der Waals surface area contributed by atoms with E-state index in [1.807, 2.05) is 13.4 Å². The molecule has 1 atom stereocenters. The van der Waals surface area contributed by atoms with Crippen molar-refractivity contribution in [1.82, 2.24) is 19.8 Å². The predicted octanol–water partition coefficient (Wildman–Crippen LogP) is 1.41. The number of aromatic nitrogens is 2.